The lowest BCUT2D eigenvalue weighted by molar-refractivity contribution is -0.384. The molecule has 5 nitrogen and oxygen atoms in total. The number of nitro groups is 1. The molecule has 0 spiro atoms. The lowest BCUT2D eigenvalue weighted by Gasteiger charge is -2.34. The Morgan fingerprint density at radius 3 is 2.94 bits per heavy atom. The largest absolute Gasteiger partial charge is 0.396 e. The highest BCUT2D eigenvalue weighted by molar-refractivity contribution is 14.1. The van der Waals surface area contributed by atoms with Gasteiger partial charge in [0.15, 0.2) is 0 Å². The van der Waals surface area contributed by atoms with Gasteiger partial charge < -0.3 is 10.0 Å². The normalized spacial score (nSPS) is 19.9. The smallest absolute Gasteiger partial charge is 0.270 e. The van der Waals surface area contributed by atoms with Gasteiger partial charge in [-0.3, -0.25) is 10.1 Å². The summed E-state index contributed by atoms with van der Waals surface area (Å²) in [6, 6.07) is 4.94. The van der Waals surface area contributed by atoms with Gasteiger partial charge in [-0.25, -0.2) is 0 Å². The predicted molar refractivity (Wildman–Crippen MR) is 77.8 cm³/mol. The third kappa shape index (κ3) is 2.92. The fourth-order valence-corrected chi connectivity index (χ4v) is 3.14. The number of benzene rings is 1. The summed E-state index contributed by atoms with van der Waals surface area (Å²) in [5.41, 5.74) is 1.15. The van der Waals surface area contributed by atoms with Crippen molar-refractivity contribution in [3.63, 3.8) is 0 Å². The lowest BCUT2D eigenvalue weighted by Crippen LogP contribution is -2.37. The number of hydrogen-bond donors (Lipinski definition) is 1. The Morgan fingerprint density at radius 2 is 2.33 bits per heavy atom. The minimum Gasteiger partial charge on any atom is -0.396 e. The monoisotopic (exact) mass is 362 g/mol. The quantitative estimate of drug-likeness (QED) is 0.510. The van der Waals surface area contributed by atoms with Crippen molar-refractivity contribution in [3.05, 3.63) is 31.9 Å². The van der Waals surface area contributed by atoms with Crippen LogP contribution in [0.25, 0.3) is 0 Å². The molecular formula is C12H15IN2O3. The van der Waals surface area contributed by atoms with Crippen molar-refractivity contribution in [2.75, 3.05) is 24.6 Å². The molecule has 0 aliphatic carbocycles. The lowest BCUT2D eigenvalue weighted by atomic mass is 9.98. The van der Waals surface area contributed by atoms with E-state index in [0.717, 1.165) is 35.2 Å². The molecule has 0 bridgehead atoms. The van der Waals surface area contributed by atoms with Crippen LogP contribution >= 0.6 is 22.6 Å². The summed E-state index contributed by atoms with van der Waals surface area (Å²) < 4.78 is 0.889. The highest BCUT2D eigenvalue weighted by atomic mass is 127. The summed E-state index contributed by atoms with van der Waals surface area (Å²) >= 11 is 2.13. The van der Waals surface area contributed by atoms with E-state index in [4.69, 9.17) is 0 Å². The molecule has 1 aliphatic heterocycles. The molecule has 1 heterocycles. The molecule has 0 saturated carbocycles. The molecule has 0 amide bonds. The number of nitrogens with zero attached hydrogens (tertiary/aromatic N) is 2. The maximum atomic E-state index is 10.7. The van der Waals surface area contributed by atoms with Crippen LogP contribution in [-0.2, 0) is 0 Å². The second-order valence-corrected chi connectivity index (χ2v) is 5.69. The summed E-state index contributed by atoms with van der Waals surface area (Å²) in [5, 5.41) is 19.9. The zero-order chi connectivity index (χ0) is 13.1. The average Bonchev–Trinajstić information content (AvgIpc) is 2.38. The van der Waals surface area contributed by atoms with Gasteiger partial charge in [0.2, 0.25) is 0 Å². The van der Waals surface area contributed by atoms with Crippen LogP contribution in [0.2, 0.25) is 0 Å². The molecule has 0 radical (unpaired) electrons. The van der Waals surface area contributed by atoms with E-state index in [1.54, 1.807) is 18.2 Å². The molecule has 1 atom stereocenters. The first-order chi connectivity index (χ1) is 8.61. The van der Waals surface area contributed by atoms with E-state index in [0.29, 0.717) is 5.92 Å². The second kappa shape index (κ2) is 5.83. The molecule has 1 aliphatic rings. The topological polar surface area (TPSA) is 66.6 Å². The maximum absolute atomic E-state index is 10.7. The zero-order valence-corrected chi connectivity index (χ0v) is 12.0. The van der Waals surface area contributed by atoms with Crippen molar-refractivity contribution < 1.29 is 10.0 Å². The fourth-order valence-electron chi connectivity index (χ4n) is 2.30. The summed E-state index contributed by atoms with van der Waals surface area (Å²) in [6.07, 6.45) is 2.11. The van der Waals surface area contributed by atoms with E-state index in [-0.39, 0.29) is 17.2 Å². The molecule has 2 rings (SSSR count). The standard InChI is InChI=1S/C12H15IN2O3/c13-11-6-10(15(17)18)3-4-12(11)14-5-1-2-9(7-14)8-16/h3-4,6,9,16H,1-2,5,7-8H2. The van der Waals surface area contributed by atoms with Gasteiger partial charge >= 0.3 is 0 Å². The van der Waals surface area contributed by atoms with Gasteiger partial charge in [-0.15, -0.1) is 0 Å². The number of halogens is 1. The number of piperidine rings is 1. The minimum atomic E-state index is -0.376. The number of non-ortho nitro benzene ring substituents is 1. The Kier molecular flexibility index (Phi) is 4.39. The van der Waals surface area contributed by atoms with E-state index >= 15 is 0 Å². The number of rotatable bonds is 3. The second-order valence-electron chi connectivity index (χ2n) is 4.53. The van der Waals surface area contributed by atoms with E-state index < -0.39 is 0 Å². The zero-order valence-electron chi connectivity index (χ0n) is 9.88. The first kappa shape index (κ1) is 13.5. The minimum absolute atomic E-state index is 0.124. The predicted octanol–water partition coefficient (Wildman–Crippen LogP) is 2.41. The van der Waals surface area contributed by atoms with Crippen LogP contribution < -0.4 is 4.90 Å². The van der Waals surface area contributed by atoms with Crippen molar-refractivity contribution in [1.29, 1.82) is 0 Å². The highest BCUT2D eigenvalue weighted by Gasteiger charge is 2.21. The fraction of sp³-hybridized carbons (Fsp3) is 0.500. The van der Waals surface area contributed by atoms with Crippen molar-refractivity contribution in [3.8, 4) is 0 Å². The highest BCUT2D eigenvalue weighted by Crippen LogP contribution is 2.30. The van der Waals surface area contributed by atoms with Crippen molar-refractivity contribution >= 4 is 34.0 Å². The maximum Gasteiger partial charge on any atom is 0.270 e. The third-order valence-electron chi connectivity index (χ3n) is 3.26. The number of hydrogen-bond acceptors (Lipinski definition) is 4. The van der Waals surface area contributed by atoms with Gasteiger partial charge in [-0.1, -0.05) is 0 Å². The third-order valence-corrected chi connectivity index (χ3v) is 4.12. The SMILES string of the molecule is O=[N+]([O-])c1ccc(N2CCCC(CO)C2)c(I)c1. The van der Waals surface area contributed by atoms with Crippen molar-refractivity contribution in [1.82, 2.24) is 0 Å². The molecule has 1 aromatic rings. The first-order valence-electron chi connectivity index (χ1n) is 5.91. The molecule has 1 aromatic carbocycles. The van der Waals surface area contributed by atoms with Gasteiger partial charge in [0, 0.05) is 35.4 Å². The number of aliphatic hydroxyl groups is 1. The van der Waals surface area contributed by atoms with Crippen LogP contribution in [0.5, 0.6) is 0 Å². The van der Waals surface area contributed by atoms with Crippen LogP contribution in [0, 0.1) is 19.6 Å². The van der Waals surface area contributed by atoms with E-state index in [1.807, 2.05) is 0 Å². The van der Waals surface area contributed by atoms with Gasteiger partial charge in [-0.05, 0) is 47.4 Å². The van der Waals surface area contributed by atoms with Gasteiger partial charge in [-0.2, -0.15) is 0 Å². The Bertz CT molecular complexity index is 453. The van der Waals surface area contributed by atoms with E-state index in [1.165, 1.54) is 0 Å². The molecule has 18 heavy (non-hydrogen) atoms. The van der Waals surface area contributed by atoms with Crippen molar-refractivity contribution in [2.45, 2.75) is 12.8 Å². The molecular weight excluding hydrogens is 347 g/mol. The Labute approximate surface area is 119 Å². The summed E-state index contributed by atoms with van der Waals surface area (Å²) in [6.45, 7) is 1.98. The van der Waals surface area contributed by atoms with Crippen LogP contribution in [-0.4, -0.2) is 29.7 Å². The van der Waals surface area contributed by atoms with Crippen LogP contribution in [0.1, 0.15) is 12.8 Å². The summed E-state index contributed by atoms with van der Waals surface area (Å²) in [4.78, 5) is 12.5. The van der Waals surface area contributed by atoms with Crippen LogP contribution in [0.15, 0.2) is 18.2 Å². The van der Waals surface area contributed by atoms with Gasteiger partial charge in [0.05, 0.1) is 10.6 Å². The summed E-state index contributed by atoms with van der Waals surface area (Å²) in [5.74, 6) is 0.310. The Balaban J connectivity index is 2.20. The molecule has 6 heteroatoms. The first-order valence-corrected chi connectivity index (χ1v) is 6.99. The van der Waals surface area contributed by atoms with E-state index in [9.17, 15) is 15.2 Å². The number of nitro benzene ring substituents is 1. The van der Waals surface area contributed by atoms with E-state index in [2.05, 4.69) is 27.5 Å². The van der Waals surface area contributed by atoms with Gasteiger partial charge in [0.25, 0.3) is 5.69 Å². The molecule has 0 aromatic heterocycles. The molecule has 98 valence electrons. The van der Waals surface area contributed by atoms with Gasteiger partial charge in [0.1, 0.15) is 0 Å². The van der Waals surface area contributed by atoms with Crippen LogP contribution in [0.4, 0.5) is 11.4 Å². The average molecular weight is 362 g/mol. The number of anilines is 1. The Morgan fingerprint density at radius 1 is 1.56 bits per heavy atom. The Hall–Kier alpha value is -0.890. The van der Waals surface area contributed by atoms with Crippen LogP contribution in [0.3, 0.4) is 0 Å². The molecule has 1 fully saturated rings. The molecule has 1 saturated heterocycles. The molecule has 1 unspecified atom stereocenters. The number of aliphatic hydroxyl groups excluding tert-OH is 1. The van der Waals surface area contributed by atoms with Crippen molar-refractivity contribution in [2.24, 2.45) is 5.92 Å². The summed E-state index contributed by atoms with van der Waals surface area (Å²) in [7, 11) is 0. The molecule has 1 N–H and O–H groups in total.